The van der Waals surface area contributed by atoms with Gasteiger partial charge in [-0.1, -0.05) is 0 Å². The van der Waals surface area contributed by atoms with Gasteiger partial charge in [-0.05, 0) is 0 Å². The molecule has 2 aromatic rings. The summed E-state index contributed by atoms with van der Waals surface area (Å²) in [6.45, 7) is -2.70. The first-order chi connectivity index (χ1) is 7.16. The van der Waals surface area contributed by atoms with Gasteiger partial charge in [0, 0.05) is 18.5 Å². The first kappa shape index (κ1) is 9.50. The molecule has 15 heavy (non-hydrogen) atoms. The summed E-state index contributed by atoms with van der Waals surface area (Å²) in [6, 6.07) is 1.24. The Morgan fingerprint density at radius 3 is 2.87 bits per heavy atom. The fourth-order valence-electron chi connectivity index (χ4n) is 1.08. The van der Waals surface area contributed by atoms with Crippen LogP contribution in [0.5, 0.6) is 0 Å². The van der Waals surface area contributed by atoms with E-state index in [-0.39, 0.29) is 11.4 Å². The molecule has 2 aromatic heterocycles. The maximum Gasteiger partial charge on any atom is 0.333 e. The summed E-state index contributed by atoms with van der Waals surface area (Å²) in [6.07, 6.45) is 3.63. The second-order valence-electron chi connectivity index (χ2n) is 2.77. The van der Waals surface area contributed by atoms with Crippen LogP contribution in [0.25, 0.3) is 11.4 Å². The number of aromatic amines is 1. The Hall–Kier alpha value is -2.05. The average Bonchev–Trinajstić information content (AvgIpc) is 2.66. The molecule has 0 saturated heterocycles. The van der Waals surface area contributed by atoms with E-state index >= 15 is 0 Å². The third-order valence-electron chi connectivity index (χ3n) is 1.75. The van der Waals surface area contributed by atoms with Gasteiger partial charge in [-0.2, -0.15) is 13.9 Å². The molecule has 0 radical (unpaired) electrons. The lowest BCUT2D eigenvalue weighted by Gasteiger charge is -1.96. The molecule has 0 aliphatic heterocycles. The standard InChI is InChI=1S/C8H6F2N4O/c9-8(10)14-4-5(3-12-14)7-11-2-1-6(15)13-7/h1-4,8H,(H,11,13,15). The van der Waals surface area contributed by atoms with Gasteiger partial charge >= 0.3 is 6.55 Å². The summed E-state index contributed by atoms with van der Waals surface area (Å²) in [5, 5.41) is 3.43. The molecule has 0 unspecified atom stereocenters. The van der Waals surface area contributed by atoms with Crippen LogP contribution >= 0.6 is 0 Å². The summed E-state index contributed by atoms with van der Waals surface area (Å²) < 4.78 is 24.9. The number of alkyl halides is 2. The Kier molecular flexibility index (Phi) is 2.28. The van der Waals surface area contributed by atoms with Gasteiger partial charge in [0.1, 0.15) is 5.82 Å². The highest BCUT2D eigenvalue weighted by Crippen LogP contribution is 2.15. The molecule has 0 aliphatic rings. The van der Waals surface area contributed by atoms with Crippen molar-refractivity contribution in [3.63, 3.8) is 0 Å². The summed E-state index contributed by atoms with van der Waals surface area (Å²) in [5.74, 6) is 0.217. The molecule has 7 heteroatoms. The van der Waals surface area contributed by atoms with E-state index in [4.69, 9.17) is 0 Å². The quantitative estimate of drug-likeness (QED) is 0.808. The van der Waals surface area contributed by atoms with E-state index in [0.717, 1.165) is 6.20 Å². The van der Waals surface area contributed by atoms with Crippen molar-refractivity contribution in [1.82, 2.24) is 19.7 Å². The minimum Gasteiger partial charge on any atom is -0.306 e. The highest BCUT2D eigenvalue weighted by atomic mass is 19.3. The second kappa shape index (κ2) is 3.60. The van der Waals surface area contributed by atoms with Crippen molar-refractivity contribution in [3.05, 3.63) is 35.0 Å². The summed E-state index contributed by atoms with van der Waals surface area (Å²) in [5.41, 5.74) is -0.00204. The molecule has 1 N–H and O–H groups in total. The molecule has 0 amide bonds. The number of aromatic nitrogens is 4. The number of nitrogens with zero attached hydrogens (tertiary/aromatic N) is 3. The third kappa shape index (κ3) is 1.90. The Balaban J connectivity index is 2.41. The molecule has 0 saturated carbocycles. The second-order valence-corrected chi connectivity index (χ2v) is 2.77. The molecule has 5 nitrogen and oxygen atoms in total. The zero-order valence-corrected chi connectivity index (χ0v) is 7.39. The average molecular weight is 212 g/mol. The van der Waals surface area contributed by atoms with Crippen molar-refractivity contribution in [1.29, 1.82) is 0 Å². The highest BCUT2D eigenvalue weighted by molar-refractivity contribution is 5.51. The van der Waals surface area contributed by atoms with Crippen molar-refractivity contribution in [2.45, 2.75) is 6.55 Å². The minimum absolute atomic E-state index is 0.217. The fraction of sp³-hybridized carbons (Fsp3) is 0.125. The minimum atomic E-state index is -2.70. The molecule has 2 rings (SSSR count). The molecule has 0 aliphatic carbocycles. The topological polar surface area (TPSA) is 63.6 Å². The number of rotatable bonds is 2. The van der Waals surface area contributed by atoms with Gasteiger partial charge in [0.15, 0.2) is 0 Å². The van der Waals surface area contributed by atoms with Gasteiger partial charge in [-0.15, -0.1) is 0 Å². The van der Waals surface area contributed by atoms with Crippen LogP contribution in [0.15, 0.2) is 29.5 Å². The summed E-state index contributed by atoms with van der Waals surface area (Å²) >= 11 is 0. The van der Waals surface area contributed by atoms with Gasteiger partial charge in [0.25, 0.3) is 5.56 Å². The number of H-pyrrole nitrogens is 1. The molecule has 0 bridgehead atoms. The van der Waals surface area contributed by atoms with Gasteiger partial charge in [0.05, 0.1) is 11.8 Å². The van der Waals surface area contributed by atoms with E-state index < -0.39 is 6.55 Å². The SMILES string of the molecule is O=c1ccnc(-c2cnn(C(F)F)c2)[nH]1. The number of halogens is 2. The van der Waals surface area contributed by atoms with Gasteiger partial charge in [0.2, 0.25) is 0 Å². The maximum absolute atomic E-state index is 12.2. The van der Waals surface area contributed by atoms with E-state index in [1.165, 1.54) is 18.5 Å². The van der Waals surface area contributed by atoms with Crippen LogP contribution in [0.1, 0.15) is 6.55 Å². The van der Waals surface area contributed by atoms with Crippen LogP contribution in [0.4, 0.5) is 8.78 Å². The number of nitrogens with one attached hydrogen (secondary N) is 1. The van der Waals surface area contributed by atoms with Crippen LogP contribution < -0.4 is 5.56 Å². The molecular weight excluding hydrogens is 206 g/mol. The van der Waals surface area contributed by atoms with Crippen molar-refractivity contribution in [2.75, 3.05) is 0 Å². The third-order valence-corrected chi connectivity index (χ3v) is 1.75. The Labute approximate surface area is 82.4 Å². The van der Waals surface area contributed by atoms with Gasteiger partial charge in [-0.3, -0.25) is 4.79 Å². The molecular formula is C8H6F2N4O. The zero-order chi connectivity index (χ0) is 10.8. The van der Waals surface area contributed by atoms with Crippen molar-refractivity contribution in [3.8, 4) is 11.4 Å². The predicted octanol–water partition coefficient (Wildman–Crippen LogP) is 1.03. The van der Waals surface area contributed by atoms with E-state index in [1.807, 2.05) is 0 Å². The summed E-state index contributed by atoms with van der Waals surface area (Å²) in [4.78, 5) is 17.2. The Morgan fingerprint density at radius 1 is 1.47 bits per heavy atom. The molecule has 78 valence electrons. The largest absolute Gasteiger partial charge is 0.333 e. The molecule has 0 spiro atoms. The van der Waals surface area contributed by atoms with Crippen LogP contribution in [0, 0.1) is 0 Å². The lowest BCUT2D eigenvalue weighted by atomic mass is 10.3. The Bertz CT molecular complexity index is 519. The molecule has 0 aromatic carbocycles. The first-order valence-electron chi connectivity index (χ1n) is 4.05. The van der Waals surface area contributed by atoms with Crippen molar-refractivity contribution < 1.29 is 8.78 Å². The van der Waals surface area contributed by atoms with Crippen molar-refractivity contribution >= 4 is 0 Å². The number of hydrogen-bond donors (Lipinski definition) is 1. The fourth-order valence-corrected chi connectivity index (χ4v) is 1.08. The van der Waals surface area contributed by atoms with Crippen molar-refractivity contribution in [2.24, 2.45) is 0 Å². The van der Waals surface area contributed by atoms with Crippen LogP contribution in [-0.4, -0.2) is 19.7 Å². The first-order valence-corrected chi connectivity index (χ1v) is 4.05. The predicted molar refractivity (Wildman–Crippen MR) is 47.3 cm³/mol. The van der Waals surface area contributed by atoms with Gasteiger partial charge < -0.3 is 4.98 Å². The lowest BCUT2D eigenvalue weighted by Crippen LogP contribution is -2.05. The van der Waals surface area contributed by atoms with E-state index in [0.29, 0.717) is 10.2 Å². The monoisotopic (exact) mass is 212 g/mol. The summed E-state index contributed by atoms with van der Waals surface area (Å²) in [7, 11) is 0. The molecule has 0 fully saturated rings. The Morgan fingerprint density at radius 2 is 2.27 bits per heavy atom. The van der Waals surface area contributed by atoms with Crippen LogP contribution in [-0.2, 0) is 0 Å². The molecule has 2 heterocycles. The van der Waals surface area contributed by atoms with E-state index in [1.54, 1.807) is 0 Å². The van der Waals surface area contributed by atoms with E-state index in [2.05, 4.69) is 15.1 Å². The zero-order valence-electron chi connectivity index (χ0n) is 7.39. The van der Waals surface area contributed by atoms with Crippen LogP contribution in [0.2, 0.25) is 0 Å². The highest BCUT2D eigenvalue weighted by Gasteiger charge is 2.09. The van der Waals surface area contributed by atoms with E-state index in [9.17, 15) is 13.6 Å². The van der Waals surface area contributed by atoms with Crippen LogP contribution in [0.3, 0.4) is 0 Å². The van der Waals surface area contributed by atoms with Gasteiger partial charge in [-0.25, -0.2) is 9.67 Å². The number of hydrogen-bond acceptors (Lipinski definition) is 3. The normalized spacial score (nSPS) is 10.9. The lowest BCUT2D eigenvalue weighted by molar-refractivity contribution is 0.0566. The smallest absolute Gasteiger partial charge is 0.306 e. The maximum atomic E-state index is 12.2. The molecule has 0 atom stereocenters.